The highest BCUT2D eigenvalue weighted by molar-refractivity contribution is 6.04. The van der Waals surface area contributed by atoms with Crippen LogP contribution in [0.25, 0.3) is 10.8 Å². The van der Waals surface area contributed by atoms with E-state index in [1.165, 1.54) is 31.2 Å². The summed E-state index contributed by atoms with van der Waals surface area (Å²) in [6.45, 7) is 1.50. The summed E-state index contributed by atoms with van der Waals surface area (Å²) in [5.74, 6) is -1.14. The Hall–Kier alpha value is -3.34. The van der Waals surface area contributed by atoms with Gasteiger partial charge in [0.15, 0.2) is 6.10 Å². The predicted molar refractivity (Wildman–Crippen MR) is 95.6 cm³/mol. The van der Waals surface area contributed by atoms with Crippen molar-refractivity contribution in [3.05, 3.63) is 72.3 Å². The number of amides is 1. The lowest BCUT2D eigenvalue weighted by atomic mass is 10.1. The Morgan fingerprint density at radius 1 is 1.00 bits per heavy atom. The highest BCUT2D eigenvalue weighted by atomic mass is 16.5. The Morgan fingerprint density at radius 2 is 1.72 bits per heavy atom. The van der Waals surface area contributed by atoms with Crippen molar-refractivity contribution in [2.24, 2.45) is 0 Å². The molecule has 2 N–H and O–H groups in total. The number of aromatic hydroxyl groups is 1. The molecule has 0 fully saturated rings. The number of esters is 1. The van der Waals surface area contributed by atoms with Gasteiger partial charge in [0.1, 0.15) is 5.75 Å². The molecule has 0 aliphatic carbocycles. The van der Waals surface area contributed by atoms with Gasteiger partial charge in [0.2, 0.25) is 0 Å². The highest BCUT2D eigenvalue weighted by Gasteiger charge is 2.19. The maximum Gasteiger partial charge on any atom is 0.339 e. The van der Waals surface area contributed by atoms with Gasteiger partial charge in [0.05, 0.1) is 5.56 Å². The number of ether oxygens (including phenoxy) is 1. The molecule has 3 rings (SSSR count). The number of hydrogen-bond acceptors (Lipinski definition) is 4. The van der Waals surface area contributed by atoms with E-state index in [1.807, 2.05) is 36.4 Å². The summed E-state index contributed by atoms with van der Waals surface area (Å²) in [7, 11) is 0. The van der Waals surface area contributed by atoms with Crippen molar-refractivity contribution in [1.29, 1.82) is 0 Å². The van der Waals surface area contributed by atoms with Crippen LogP contribution in [0, 0.1) is 0 Å². The highest BCUT2D eigenvalue weighted by Crippen LogP contribution is 2.23. The monoisotopic (exact) mass is 335 g/mol. The van der Waals surface area contributed by atoms with E-state index in [-0.39, 0.29) is 11.3 Å². The van der Waals surface area contributed by atoms with Crippen molar-refractivity contribution in [1.82, 2.24) is 0 Å². The maximum absolute atomic E-state index is 12.4. The van der Waals surface area contributed by atoms with E-state index < -0.39 is 18.0 Å². The number of hydrogen-bond donors (Lipinski definition) is 2. The van der Waals surface area contributed by atoms with Crippen LogP contribution in [0.1, 0.15) is 17.3 Å². The molecule has 5 nitrogen and oxygen atoms in total. The van der Waals surface area contributed by atoms with E-state index >= 15 is 0 Å². The van der Waals surface area contributed by atoms with Crippen LogP contribution in [-0.4, -0.2) is 23.1 Å². The summed E-state index contributed by atoms with van der Waals surface area (Å²) in [5.41, 5.74) is 0.841. The number of anilines is 1. The number of benzene rings is 3. The third-order valence-electron chi connectivity index (χ3n) is 3.78. The van der Waals surface area contributed by atoms with Crippen LogP contribution in [0.5, 0.6) is 5.75 Å². The van der Waals surface area contributed by atoms with Crippen molar-refractivity contribution in [2.45, 2.75) is 13.0 Å². The number of phenols is 1. The fourth-order valence-electron chi connectivity index (χ4n) is 2.48. The molecular formula is C20H17NO4. The number of carbonyl (C=O) groups excluding carboxylic acids is 2. The molecule has 0 radical (unpaired) electrons. The van der Waals surface area contributed by atoms with Crippen LogP contribution >= 0.6 is 0 Å². The molecular weight excluding hydrogens is 318 g/mol. The van der Waals surface area contributed by atoms with Gasteiger partial charge in [-0.25, -0.2) is 4.79 Å². The first-order valence-corrected chi connectivity index (χ1v) is 7.83. The number of carbonyl (C=O) groups is 2. The first-order chi connectivity index (χ1) is 12.0. The molecule has 3 aromatic rings. The van der Waals surface area contributed by atoms with Gasteiger partial charge in [-0.1, -0.05) is 42.5 Å². The average Bonchev–Trinajstić information content (AvgIpc) is 2.62. The molecule has 0 bridgehead atoms. The Labute approximate surface area is 144 Å². The van der Waals surface area contributed by atoms with Gasteiger partial charge < -0.3 is 15.2 Å². The Kier molecular flexibility index (Phi) is 4.66. The molecule has 25 heavy (non-hydrogen) atoms. The molecule has 1 atom stereocenters. The molecule has 0 saturated heterocycles. The van der Waals surface area contributed by atoms with Crippen molar-refractivity contribution in [3.8, 4) is 5.75 Å². The molecule has 0 aliphatic heterocycles. The molecule has 1 amide bonds. The molecule has 0 aromatic heterocycles. The van der Waals surface area contributed by atoms with Gasteiger partial charge in [-0.2, -0.15) is 0 Å². The molecule has 0 saturated carbocycles. The zero-order valence-corrected chi connectivity index (χ0v) is 13.6. The van der Waals surface area contributed by atoms with E-state index in [9.17, 15) is 14.7 Å². The number of rotatable bonds is 4. The topological polar surface area (TPSA) is 75.6 Å². The Balaban J connectivity index is 1.71. The van der Waals surface area contributed by atoms with Crippen LogP contribution in [0.4, 0.5) is 5.69 Å². The van der Waals surface area contributed by atoms with Crippen molar-refractivity contribution >= 4 is 28.3 Å². The van der Waals surface area contributed by atoms with Gasteiger partial charge in [0.25, 0.3) is 5.91 Å². The predicted octanol–water partition coefficient (Wildman–Crippen LogP) is 3.73. The van der Waals surface area contributed by atoms with Crippen molar-refractivity contribution in [3.63, 3.8) is 0 Å². The lowest BCUT2D eigenvalue weighted by molar-refractivity contribution is -0.123. The molecule has 3 aromatic carbocycles. The summed E-state index contributed by atoms with van der Waals surface area (Å²) < 4.78 is 5.18. The minimum Gasteiger partial charge on any atom is -0.508 e. The number of fused-ring (bicyclic) bond motifs is 1. The second-order valence-electron chi connectivity index (χ2n) is 5.61. The second-order valence-corrected chi connectivity index (χ2v) is 5.61. The fraction of sp³-hybridized carbons (Fsp3) is 0.100. The molecule has 0 heterocycles. The SMILES string of the molecule is C[C@@H](OC(=O)c1cccc(O)c1)C(=O)Nc1cccc2ccccc12. The number of nitrogens with one attached hydrogen (secondary N) is 1. The normalized spacial score (nSPS) is 11.7. The lowest BCUT2D eigenvalue weighted by Crippen LogP contribution is -2.30. The van der Waals surface area contributed by atoms with Gasteiger partial charge in [-0.05, 0) is 36.6 Å². The van der Waals surface area contributed by atoms with Crippen molar-refractivity contribution < 1.29 is 19.4 Å². The maximum atomic E-state index is 12.4. The fourth-order valence-corrected chi connectivity index (χ4v) is 2.48. The largest absolute Gasteiger partial charge is 0.508 e. The molecule has 126 valence electrons. The standard InChI is InChI=1S/C20H17NO4/c1-13(25-20(24)15-8-4-9-16(22)12-15)19(23)21-18-11-5-7-14-6-2-3-10-17(14)18/h2-13,22H,1H3,(H,21,23)/t13-/m1/s1. The molecule has 0 unspecified atom stereocenters. The molecule has 0 aliphatic rings. The summed E-state index contributed by atoms with van der Waals surface area (Å²) in [6, 6.07) is 19.1. The minimum atomic E-state index is -0.978. The summed E-state index contributed by atoms with van der Waals surface area (Å²) in [4.78, 5) is 24.4. The number of phenolic OH excluding ortho intramolecular Hbond substituents is 1. The van der Waals surface area contributed by atoms with Gasteiger partial charge in [-0.3, -0.25) is 4.79 Å². The van der Waals surface area contributed by atoms with Crippen LogP contribution in [0.2, 0.25) is 0 Å². The quantitative estimate of drug-likeness (QED) is 0.712. The summed E-state index contributed by atoms with van der Waals surface area (Å²) in [6.07, 6.45) is -0.978. The minimum absolute atomic E-state index is 0.0395. The van der Waals surface area contributed by atoms with Crippen LogP contribution in [0.15, 0.2) is 66.7 Å². The van der Waals surface area contributed by atoms with Crippen LogP contribution < -0.4 is 5.32 Å². The van der Waals surface area contributed by atoms with Crippen LogP contribution in [0.3, 0.4) is 0 Å². The summed E-state index contributed by atoms with van der Waals surface area (Å²) >= 11 is 0. The van der Waals surface area contributed by atoms with E-state index in [2.05, 4.69) is 5.32 Å². The third kappa shape index (κ3) is 3.77. The zero-order chi connectivity index (χ0) is 17.8. The van der Waals surface area contributed by atoms with Crippen molar-refractivity contribution in [2.75, 3.05) is 5.32 Å². The third-order valence-corrected chi connectivity index (χ3v) is 3.78. The van der Waals surface area contributed by atoms with E-state index in [4.69, 9.17) is 4.74 Å². The molecule has 0 spiro atoms. The first-order valence-electron chi connectivity index (χ1n) is 7.83. The van der Waals surface area contributed by atoms with Gasteiger partial charge >= 0.3 is 5.97 Å². The Morgan fingerprint density at radius 3 is 2.52 bits per heavy atom. The zero-order valence-electron chi connectivity index (χ0n) is 13.6. The van der Waals surface area contributed by atoms with E-state index in [1.54, 1.807) is 6.07 Å². The smallest absolute Gasteiger partial charge is 0.339 e. The Bertz CT molecular complexity index is 930. The van der Waals surface area contributed by atoms with Gasteiger partial charge in [0, 0.05) is 11.1 Å². The van der Waals surface area contributed by atoms with E-state index in [0.717, 1.165) is 10.8 Å². The second kappa shape index (κ2) is 7.05. The first kappa shape index (κ1) is 16.5. The molecule has 5 heteroatoms. The summed E-state index contributed by atoms with van der Waals surface area (Å²) in [5, 5.41) is 14.1. The van der Waals surface area contributed by atoms with Gasteiger partial charge in [-0.15, -0.1) is 0 Å². The van der Waals surface area contributed by atoms with Crippen LogP contribution in [-0.2, 0) is 9.53 Å². The van der Waals surface area contributed by atoms with E-state index in [0.29, 0.717) is 5.69 Å². The average molecular weight is 335 g/mol. The lowest BCUT2D eigenvalue weighted by Gasteiger charge is -2.15.